The van der Waals surface area contributed by atoms with E-state index < -0.39 is 52.1 Å². The lowest BCUT2D eigenvalue weighted by Gasteiger charge is -2.51. The molecular weight excluding hydrogens is 388 g/mol. The number of carbonyl (C=O) groups is 3. The van der Waals surface area contributed by atoms with Crippen molar-refractivity contribution in [2.75, 3.05) is 21.3 Å². The maximum absolute atomic E-state index is 13.5. The van der Waals surface area contributed by atoms with E-state index in [9.17, 15) is 19.5 Å². The summed E-state index contributed by atoms with van der Waals surface area (Å²) in [7, 11) is 3.99. The molecule has 0 aliphatic heterocycles. The maximum Gasteiger partial charge on any atom is 0.312 e. The van der Waals surface area contributed by atoms with E-state index in [2.05, 4.69) is 6.58 Å². The molecule has 0 heterocycles. The molecule has 0 radical (unpaired) electrons. The summed E-state index contributed by atoms with van der Waals surface area (Å²) in [4.78, 5) is 40.0. The number of hydrogen-bond acceptors (Lipinski definition) is 7. The molecule has 8 unspecified atom stereocenters. The third-order valence-electron chi connectivity index (χ3n) is 8.98. The first-order valence-electron chi connectivity index (χ1n) is 10.7. The number of carbonyl (C=O) groups excluding carboxylic acids is 3. The summed E-state index contributed by atoms with van der Waals surface area (Å²) in [6.07, 6.45) is 2.42. The normalized spacial score (nSPS) is 46.6. The van der Waals surface area contributed by atoms with Gasteiger partial charge < -0.3 is 19.3 Å². The Morgan fingerprint density at radius 2 is 1.67 bits per heavy atom. The van der Waals surface area contributed by atoms with Gasteiger partial charge in [-0.1, -0.05) is 12.2 Å². The Morgan fingerprint density at radius 1 is 1.00 bits per heavy atom. The van der Waals surface area contributed by atoms with Gasteiger partial charge in [0.15, 0.2) is 0 Å². The quantitative estimate of drug-likeness (QED) is 0.425. The van der Waals surface area contributed by atoms with Crippen LogP contribution in [0.3, 0.4) is 0 Å². The Kier molecular flexibility index (Phi) is 4.84. The third-order valence-corrected chi connectivity index (χ3v) is 8.98. The molecule has 4 saturated carbocycles. The number of aliphatic hydroxyl groups is 1. The van der Waals surface area contributed by atoms with Gasteiger partial charge in [0.25, 0.3) is 0 Å². The van der Waals surface area contributed by atoms with Crippen LogP contribution in [0.5, 0.6) is 0 Å². The molecule has 4 rings (SSSR count). The number of methoxy groups -OCH3 is 3. The zero-order chi connectivity index (χ0) is 22.1. The van der Waals surface area contributed by atoms with Crippen LogP contribution < -0.4 is 0 Å². The largest absolute Gasteiger partial charge is 0.469 e. The van der Waals surface area contributed by atoms with E-state index in [4.69, 9.17) is 14.2 Å². The molecule has 4 aliphatic rings. The number of rotatable bonds is 3. The van der Waals surface area contributed by atoms with Crippen LogP contribution in [0.4, 0.5) is 0 Å². The monoisotopic (exact) mass is 420 g/mol. The van der Waals surface area contributed by atoms with Crippen LogP contribution >= 0.6 is 0 Å². The number of esters is 3. The van der Waals surface area contributed by atoms with E-state index >= 15 is 0 Å². The minimum absolute atomic E-state index is 0.129. The Hall–Kier alpha value is -1.89. The summed E-state index contributed by atoms with van der Waals surface area (Å²) in [6.45, 7) is 5.99. The van der Waals surface area contributed by atoms with Crippen LogP contribution in [-0.4, -0.2) is 50.4 Å². The molecule has 0 saturated heterocycles. The van der Waals surface area contributed by atoms with Crippen molar-refractivity contribution in [3.8, 4) is 0 Å². The van der Waals surface area contributed by atoms with Gasteiger partial charge in [-0.25, -0.2) is 0 Å². The summed E-state index contributed by atoms with van der Waals surface area (Å²) in [6, 6.07) is 0. The molecule has 7 nitrogen and oxygen atoms in total. The molecule has 30 heavy (non-hydrogen) atoms. The lowest BCUT2D eigenvalue weighted by Crippen LogP contribution is -2.58. The fourth-order valence-corrected chi connectivity index (χ4v) is 8.31. The SMILES string of the molecule is C=C1CC23CC1CCC2C1(C(=O)OC)CC(O)CC(C)(C(=O)OC)C1C3C(=O)OC. The first-order valence-corrected chi connectivity index (χ1v) is 10.7. The molecule has 1 N–H and O–H groups in total. The molecule has 166 valence electrons. The van der Waals surface area contributed by atoms with Gasteiger partial charge in [0.05, 0.1) is 44.2 Å². The van der Waals surface area contributed by atoms with Gasteiger partial charge in [0, 0.05) is 5.92 Å². The summed E-state index contributed by atoms with van der Waals surface area (Å²) < 4.78 is 15.7. The second-order valence-electron chi connectivity index (χ2n) is 10.1. The molecule has 7 heteroatoms. The highest BCUT2D eigenvalue weighted by molar-refractivity contribution is 5.87. The average molecular weight is 421 g/mol. The minimum Gasteiger partial charge on any atom is -0.469 e. The van der Waals surface area contributed by atoms with Gasteiger partial charge >= 0.3 is 17.9 Å². The van der Waals surface area contributed by atoms with Crippen LogP contribution in [0.2, 0.25) is 0 Å². The Labute approximate surface area is 177 Å². The van der Waals surface area contributed by atoms with Crippen LogP contribution in [-0.2, 0) is 28.6 Å². The molecule has 0 aromatic heterocycles. The average Bonchev–Trinajstić information content (AvgIpc) is 3.13. The molecule has 0 amide bonds. The van der Waals surface area contributed by atoms with Gasteiger partial charge in [-0.15, -0.1) is 0 Å². The van der Waals surface area contributed by atoms with Crippen molar-refractivity contribution in [3.63, 3.8) is 0 Å². The Balaban J connectivity index is 2.02. The molecule has 0 aromatic carbocycles. The van der Waals surface area contributed by atoms with E-state index in [0.29, 0.717) is 12.3 Å². The lowest BCUT2D eigenvalue weighted by atomic mass is 9.51. The van der Waals surface area contributed by atoms with E-state index in [1.54, 1.807) is 6.92 Å². The van der Waals surface area contributed by atoms with E-state index in [1.165, 1.54) is 21.3 Å². The number of hydrogen-bond donors (Lipinski definition) is 1. The second kappa shape index (κ2) is 6.81. The van der Waals surface area contributed by atoms with Crippen LogP contribution in [0, 0.1) is 39.9 Å². The molecule has 4 aliphatic carbocycles. The fraction of sp³-hybridized carbons (Fsp3) is 0.783. The van der Waals surface area contributed by atoms with Crippen LogP contribution in [0.25, 0.3) is 0 Å². The molecule has 8 atom stereocenters. The first-order chi connectivity index (χ1) is 14.1. The topological polar surface area (TPSA) is 99.1 Å². The van der Waals surface area contributed by atoms with Gasteiger partial charge in [0.2, 0.25) is 0 Å². The number of fused-ring (bicyclic) bond motifs is 3. The molecule has 4 fully saturated rings. The maximum atomic E-state index is 13.5. The Bertz CT molecular complexity index is 805. The number of ether oxygens (including phenoxy) is 3. The zero-order valence-corrected chi connectivity index (χ0v) is 18.2. The van der Waals surface area contributed by atoms with E-state index in [-0.39, 0.29) is 18.8 Å². The summed E-state index contributed by atoms with van der Waals surface area (Å²) in [5.74, 6) is -2.60. The Morgan fingerprint density at radius 3 is 2.27 bits per heavy atom. The molecule has 2 bridgehead atoms. The summed E-state index contributed by atoms with van der Waals surface area (Å²) in [5.41, 5.74) is -1.79. The predicted molar refractivity (Wildman–Crippen MR) is 106 cm³/mol. The predicted octanol–water partition coefficient (Wildman–Crippen LogP) is 2.26. The van der Waals surface area contributed by atoms with Crippen LogP contribution in [0.15, 0.2) is 12.2 Å². The first kappa shape index (κ1) is 21.3. The highest BCUT2D eigenvalue weighted by Crippen LogP contribution is 2.78. The van der Waals surface area contributed by atoms with Crippen molar-refractivity contribution in [1.82, 2.24) is 0 Å². The van der Waals surface area contributed by atoms with Crippen molar-refractivity contribution >= 4 is 17.9 Å². The highest BCUT2D eigenvalue weighted by Gasteiger charge is 2.80. The van der Waals surface area contributed by atoms with Crippen molar-refractivity contribution < 1.29 is 33.7 Å². The lowest BCUT2D eigenvalue weighted by molar-refractivity contribution is -0.190. The van der Waals surface area contributed by atoms with Crippen molar-refractivity contribution in [2.45, 2.75) is 51.6 Å². The zero-order valence-electron chi connectivity index (χ0n) is 18.2. The molecule has 0 aromatic rings. The minimum atomic E-state index is -1.22. The summed E-state index contributed by atoms with van der Waals surface area (Å²) in [5, 5.41) is 10.9. The number of aliphatic hydroxyl groups excluding tert-OH is 1. The van der Waals surface area contributed by atoms with Gasteiger partial charge in [-0.2, -0.15) is 0 Å². The van der Waals surface area contributed by atoms with Gasteiger partial charge in [0.1, 0.15) is 0 Å². The smallest absolute Gasteiger partial charge is 0.312 e. The highest BCUT2D eigenvalue weighted by atomic mass is 16.5. The molecular formula is C23H32O7. The standard InChI is InChI=1S/C23H32O7/c1-12-8-22-9-13(12)6-7-15(22)23(20(27)30-5)11-14(24)10-21(2,19(26)29-4)17(23)16(22)18(25)28-3/h13-17,24H,1,6-11H2,2-5H3. The molecule has 1 spiro atoms. The van der Waals surface area contributed by atoms with Gasteiger partial charge in [-0.3, -0.25) is 14.4 Å². The van der Waals surface area contributed by atoms with Crippen molar-refractivity contribution in [2.24, 2.45) is 39.9 Å². The van der Waals surface area contributed by atoms with Crippen LogP contribution in [0.1, 0.15) is 45.4 Å². The fourth-order valence-electron chi connectivity index (χ4n) is 8.31. The van der Waals surface area contributed by atoms with E-state index in [1.807, 2.05) is 0 Å². The van der Waals surface area contributed by atoms with Crippen molar-refractivity contribution in [1.29, 1.82) is 0 Å². The van der Waals surface area contributed by atoms with E-state index in [0.717, 1.165) is 24.8 Å². The third kappa shape index (κ3) is 2.38. The van der Waals surface area contributed by atoms with Crippen molar-refractivity contribution in [3.05, 3.63) is 12.2 Å². The summed E-state index contributed by atoms with van der Waals surface area (Å²) >= 11 is 0. The number of allylic oxidation sites excluding steroid dienone is 1. The van der Waals surface area contributed by atoms with Gasteiger partial charge in [-0.05, 0) is 62.7 Å². The second-order valence-corrected chi connectivity index (χ2v) is 10.1.